The van der Waals surface area contributed by atoms with E-state index < -0.39 is 18.0 Å². The molecule has 1 unspecified atom stereocenters. The highest BCUT2D eigenvalue weighted by molar-refractivity contribution is 5.82. The number of aromatic amines is 1. The first-order valence-electron chi connectivity index (χ1n) is 7.58. The van der Waals surface area contributed by atoms with Crippen LogP contribution in [-0.4, -0.2) is 21.8 Å². The third kappa shape index (κ3) is 2.20. The van der Waals surface area contributed by atoms with Gasteiger partial charge in [0.1, 0.15) is 0 Å². The Hall–Kier alpha value is -3.21. The summed E-state index contributed by atoms with van der Waals surface area (Å²) in [7, 11) is 0. The number of H-pyrrole nitrogens is 1. The van der Waals surface area contributed by atoms with Crippen LogP contribution in [0.1, 0.15) is 28.4 Å². The Kier molecular flexibility index (Phi) is 3.32. The van der Waals surface area contributed by atoms with E-state index in [1.807, 2.05) is 19.1 Å². The lowest BCUT2D eigenvalue weighted by atomic mass is 9.85. The molecule has 25 heavy (non-hydrogen) atoms. The smallest absolute Gasteiger partial charge is 0.268 e. The summed E-state index contributed by atoms with van der Waals surface area (Å²) in [5.41, 5.74) is 3.05. The van der Waals surface area contributed by atoms with Crippen LogP contribution in [0.2, 0.25) is 0 Å². The predicted octanol–water partition coefficient (Wildman–Crippen LogP) is 4.12. The Morgan fingerprint density at radius 3 is 2.84 bits per heavy atom. The third-order valence-corrected chi connectivity index (χ3v) is 4.44. The minimum atomic E-state index is -2.82. The van der Waals surface area contributed by atoms with E-state index in [2.05, 4.69) is 25.5 Å². The van der Waals surface area contributed by atoms with Crippen molar-refractivity contribution in [2.45, 2.75) is 26.2 Å². The molecule has 3 aromatic rings. The van der Waals surface area contributed by atoms with E-state index in [9.17, 15) is 8.78 Å². The second-order valence-electron chi connectivity index (χ2n) is 5.91. The van der Waals surface area contributed by atoms with Gasteiger partial charge in [0.15, 0.2) is 0 Å². The number of halogens is 2. The Morgan fingerprint density at radius 1 is 1.32 bits per heavy atom. The Labute approximate surface area is 141 Å². The van der Waals surface area contributed by atoms with Gasteiger partial charge in [-0.1, -0.05) is 11.2 Å². The molecule has 0 radical (unpaired) electrons. The molecule has 4 rings (SSSR count). The highest BCUT2D eigenvalue weighted by atomic mass is 19.3. The number of fused-ring (bicyclic) bond motifs is 2. The van der Waals surface area contributed by atoms with Gasteiger partial charge in [-0.3, -0.25) is 5.10 Å². The molecule has 8 heteroatoms. The van der Waals surface area contributed by atoms with Gasteiger partial charge in [0.05, 0.1) is 29.4 Å². The number of anilines is 1. The van der Waals surface area contributed by atoms with Crippen LogP contribution in [0, 0.1) is 20.4 Å². The Bertz CT molecular complexity index is 1060. The number of hydrogen-bond donors (Lipinski definition) is 2. The second-order valence-corrected chi connectivity index (χ2v) is 5.91. The molecule has 1 aliphatic rings. The SMILES string of the molecule is [C-]#[N+]C1=C(C(F)F)Nc2onc(C)c2C1c1ccc2n[nH]c(C)c2c1. The van der Waals surface area contributed by atoms with Gasteiger partial charge in [0.25, 0.3) is 6.43 Å². The lowest BCUT2D eigenvalue weighted by Gasteiger charge is -2.25. The zero-order valence-corrected chi connectivity index (χ0v) is 13.4. The number of aryl methyl sites for hydroxylation is 2. The molecule has 0 bridgehead atoms. The fourth-order valence-electron chi connectivity index (χ4n) is 3.24. The number of alkyl halides is 2. The van der Waals surface area contributed by atoms with Crippen molar-refractivity contribution < 1.29 is 13.3 Å². The van der Waals surface area contributed by atoms with Crippen molar-refractivity contribution in [1.29, 1.82) is 0 Å². The van der Waals surface area contributed by atoms with Crippen molar-refractivity contribution in [2.75, 3.05) is 5.32 Å². The molecule has 3 heterocycles. The van der Waals surface area contributed by atoms with Crippen molar-refractivity contribution in [3.63, 3.8) is 0 Å². The minimum absolute atomic E-state index is 0.0469. The van der Waals surface area contributed by atoms with Gasteiger partial charge in [-0.05, 0) is 31.5 Å². The summed E-state index contributed by atoms with van der Waals surface area (Å²) in [5.74, 6) is -0.503. The summed E-state index contributed by atoms with van der Waals surface area (Å²) in [6.45, 7) is 11.1. The zero-order valence-electron chi connectivity index (χ0n) is 13.4. The molecule has 2 aromatic heterocycles. The van der Waals surface area contributed by atoms with Crippen molar-refractivity contribution in [3.8, 4) is 0 Å². The van der Waals surface area contributed by atoms with E-state index in [1.54, 1.807) is 13.0 Å². The zero-order chi connectivity index (χ0) is 17.7. The number of rotatable bonds is 2. The summed E-state index contributed by atoms with van der Waals surface area (Å²) in [4.78, 5) is 3.41. The molecule has 0 amide bonds. The maximum Gasteiger partial charge on any atom is 0.268 e. The van der Waals surface area contributed by atoms with Crippen LogP contribution in [0.5, 0.6) is 0 Å². The highest BCUT2D eigenvalue weighted by Gasteiger charge is 2.37. The van der Waals surface area contributed by atoms with Crippen LogP contribution >= 0.6 is 0 Å². The van der Waals surface area contributed by atoms with Crippen molar-refractivity contribution in [3.05, 3.63) is 63.5 Å². The van der Waals surface area contributed by atoms with E-state index in [1.165, 1.54) is 0 Å². The summed E-state index contributed by atoms with van der Waals surface area (Å²) in [6, 6.07) is 5.47. The van der Waals surface area contributed by atoms with Gasteiger partial charge in [-0.2, -0.15) is 5.10 Å². The maximum atomic E-state index is 13.5. The Morgan fingerprint density at radius 2 is 2.12 bits per heavy atom. The predicted molar refractivity (Wildman–Crippen MR) is 87.2 cm³/mol. The van der Waals surface area contributed by atoms with Crippen molar-refractivity contribution >= 4 is 16.8 Å². The molecule has 1 aromatic carbocycles. The second kappa shape index (κ2) is 5.41. The largest absolute Gasteiger partial charge is 0.338 e. The number of hydrogen-bond acceptors (Lipinski definition) is 4. The summed E-state index contributed by atoms with van der Waals surface area (Å²) < 4.78 is 32.1. The molecule has 1 atom stereocenters. The van der Waals surface area contributed by atoms with E-state index in [0.29, 0.717) is 11.3 Å². The molecule has 0 saturated carbocycles. The minimum Gasteiger partial charge on any atom is -0.338 e. The molecule has 1 aliphatic heterocycles. The normalized spacial score (nSPS) is 16.9. The molecule has 0 spiro atoms. The van der Waals surface area contributed by atoms with E-state index in [-0.39, 0.29) is 11.6 Å². The average Bonchev–Trinajstić information content (AvgIpc) is 3.16. The summed E-state index contributed by atoms with van der Waals surface area (Å²) >= 11 is 0. The lowest BCUT2D eigenvalue weighted by Crippen LogP contribution is -2.21. The molecule has 0 aliphatic carbocycles. The fraction of sp³-hybridized carbons (Fsp3) is 0.235. The number of benzene rings is 1. The van der Waals surface area contributed by atoms with E-state index in [0.717, 1.165) is 22.2 Å². The van der Waals surface area contributed by atoms with Crippen LogP contribution in [0.4, 0.5) is 14.7 Å². The Balaban J connectivity index is 1.99. The van der Waals surface area contributed by atoms with Crippen LogP contribution in [0.15, 0.2) is 34.1 Å². The fourth-order valence-corrected chi connectivity index (χ4v) is 3.24. The van der Waals surface area contributed by atoms with Crippen LogP contribution in [0.25, 0.3) is 15.7 Å². The molecular weight excluding hydrogens is 328 g/mol. The first-order chi connectivity index (χ1) is 12.0. The van der Waals surface area contributed by atoms with Gasteiger partial charge in [-0.15, -0.1) is 0 Å². The van der Waals surface area contributed by atoms with Crippen molar-refractivity contribution in [1.82, 2.24) is 15.4 Å². The van der Waals surface area contributed by atoms with Gasteiger partial charge in [0, 0.05) is 16.6 Å². The number of aromatic nitrogens is 3. The highest BCUT2D eigenvalue weighted by Crippen LogP contribution is 2.45. The first kappa shape index (κ1) is 15.3. The molecular formula is C17H13F2N5O. The summed E-state index contributed by atoms with van der Waals surface area (Å²) in [6.07, 6.45) is -2.82. The average molecular weight is 341 g/mol. The lowest BCUT2D eigenvalue weighted by molar-refractivity contribution is 0.188. The molecule has 0 saturated heterocycles. The number of nitrogens with one attached hydrogen (secondary N) is 2. The van der Waals surface area contributed by atoms with Gasteiger partial charge < -0.3 is 9.84 Å². The molecule has 126 valence electrons. The first-order valence-corrected chi connectivity index (χ1v) is 7.58. The quantitative estimate of drug-likeness (QED) is 0.688. The van der Waals surface area contributed by atoms with Crippen molar-refractivity contribution in [2.24, 2.45) is 0 Å². The maximum absolute atomic E-state index is 13.5. The molecule has 6 nitrogen and oxygen atoms in total. The number of allylic oxidation sites excluding steroid dienone is 2. The van der Waals surface area contributed by atoms with E-state index >= 15 is 0 Å². The van der Waals surface area contributed by atoms with Gasteiger partial charge in [-0.25, -0.2) is 13.6 Å². The topological polar surface area (TPSA) is 71.1 Å². The third-order valence-electron chi connectivity index (χ3n) is 4.44. The molecule has 2 N–H and O–H groups in total. The van der Waals surface area contributed by atoms with E-state index in [4.69, 9.17) is 11.1 Å². The number of nitrogens with zero attached hydrogens (tertiary/aromatic N) is 3. The van der Waals surface area contributed by atoms with Crippen LogP contribution < -0.4 is 5.32 Å². The van der Waals surface area contributed by atoms with Crippen LogP contribution in [0.3, 0.4) is 0 Å². The standard InChI is InChI=1S/C17H13F2N5O/c1-7-10-6-9(4-5-11(10)23-22-7)13-12-8(2)24-25-17(12)21-15(16(18)19)14(13)20-3/h4-6,13,16,21H,1-2H3,(H,22,23). The van der Waals surface area contributed by atoms with Gasteiger partial charge >= 0.3 is 0 Å². The monoisotopic (exact) mass is 341 g/mol. The molecule has 0 fully saturated rings. The summed E-state index contributed by atoms with van der Waals surface area (Å²) in [5, 5.41) is 14.4. The van der Waals surface area contributed by atoms with Gasteiger partial charge in [0.2, 0.25) is 11.6 Å². The van der Waals surface area contributed by atoms with Crippen LogP contribution in [-0.2, 0) is 0 Å².